The SMILES string of the molecule is Cc1ccc2cc1[C@]13c4cccc(c4NC1C)-c1cccc4[nH]cc(c14)-c1cnc(o1)-c1nc(oc13)[C@H](C(C)C)NC(=O)[C@@H](NC(=O)[C@@H](O)C(C)C)C2. The van der Waals surface area contributed by atoms with E-state index in [4.69, 9.17) is 18.8 Å². The number of aromatic amines is 1. The van der Waals surface area contributed by atoms with Crippen LogP contribution in [0.5, 0.6) is 0 Å². The molecule has 11 nitrogen and oxygen atoms in total. The van der Waals surface area contributed by atoms with Gasteiger partial charge in [0.2, 0.25) is 23.6 Å². The summed E-state index contributed by atoms with van der Waals surface area (Å²) in [6.45, 7) is 11.7. The molecule has 5 N–H and O–H groups in total. The van der Waals surface area contributed by atoms with E-state index in [0.29, 0.717) is 29.0 Å². The molecular weight excluding hydrogens is 668 g/mol. The van der Waals surface area contributed by atoms with Crippen molar-refractivity contribution >= 4 is 28.4 Å². The fourth-order valence-electron chi connectivity index (χ4n) is 8.63. The van der Waals surface area contributed by atoms with Crippen LogP contribution < -0.4 is 16.0 Å². The third-order valence-corrected chi connectivity index (χ3v) is 11.4. The van der Waals surface area contributed by atoms with Crippen molar-refractivity contribution in [2.45, 2.75) is 77.6 Å². The van der Waals surface area contributed by atoms with Crippen molar-refractivity contribution in [3.8, 4) is 34.0 Å². The number of fused-ring (bicyclic) bond motifs is 8. The van der Waals surface area contributed by atoms with Gasteiger partial charge in [-0.3, -0.25) is 9.59 Å². The zero-order chi connectivity index (χ0) is 36.9. The zero-order valence-electron chi connectivity index (χ0n) is 30.5. The van der Waals surface area contributed by atoms with E-state index < -0.39 is 35.4 Å². The third kappa shape index (κ3) is 4.83. The minimum atomic E-state index is -1.27. The molecule has 0 saturated carbocycles. The Morgan fingerprint density at radius 2 is 1.79 bits per heavy atom. The van der Waals surface area contributed by atoms with Gasteiger partial charge in [0.15, 0.2) is 17.2 Å². The lowest BCUT2D eigenvalue weighted by molar-refractivity contribution is -0.135. The maximum Gasteiger partial charge on any atom is 0.249 e. The first-order valence-corrected chi connectivity index (χ1v) is 18.3. The second-order valence-corrected chi connectivity index (χ2v) is 15.4. The van der Waals surface area contributed by atoms with Gasteiger partial charge in [-0.05, 0) is 59.6 Å². The Morgan fingerprint density at radius 1 is 1.00 bits per heavy atom. The Labute approximate surface area is 306 Å². The molecule has 5 atom stereocenters. The number of carbonyl (C=O) groups is 2. The number of aryl methyl sites for hydroxylation is 1. The van der Waals surface area contributed by atoms with Crippen LogP contribution in [0.15, 0.2) is 75.8 Å². The first-order valence-electron chi connectivity index (χ1n) is 18.3. The monoisotopic (exact) mass is 710 g/mol. The van der Waals surface area contributed by atoms with Crippen LogP contribution in [0.4, 0.5) is 5.69 Å². The van der Waals surface area contributed by atoms with Crippen LogP contribution in [0.2, 0.25) is 0 Å². The van der Waals surface area contributed by atoms with E-state index in [2.05, 4.69) is 83.3 Å². The molecule has 0 radical (unpaired) electrons. The lowest BCUT2D eigenvalue weighted by atomic mass is 9.67. The molecule has 9 rings (SSSR count). The molecule has 0 saturated heterocycles. The number of aliphatic hydroxyl groups excluding tert-OH is 1. The topological polar surface area (TPSA) is 158 Å². The van der Waals surface area contributed by atoms with E-state index >= 15 is 0 Å². The molecule has 6 aromatic rings. The summed E-state index contributed by atoms with van der Waals surface area (Å²) in [4.78, 5) is 40.9. The van der Waals surface area contributed by atoms with Crippen LogP contribution in [0.1, 0.15) is 74.6 Å². The van der Waals surface area contributed by atoms with Gasteiger partial charge in [-0.2, -0.15) is 0 Å². The predicted molar refractivity (Wildman–Crippen MR) is 201 cm³/mol. The Morgan fingerprint density at radius 3 is 2.58 bits per heavy atom. The molecule has 0 fully saturated rings. The second-order valence-electron chi connectivity index (χ2n) is 15.4. The fourth-order valence-corrected chi connectivity index (χ4v) is 8.63. The van der Waals surface area contributed by atoms with E-state index in [1.54, 1.807) is 20.0 Å². The van der Waals surface area contributed by atoms with Gasteiger partial charge in [0.1, 0.15) is 23.6 Å². The summed E-state index contributed by atoms with van der Waals surface area (Å²) in [5, 5.41) is 21.6. The highest BCUT2D eigenvalue weighted by Crippen LogP contribution is 2.57. The highest BCUT2D eigenvalue weighted by Gasteiger charge is 2.54. The number of rotatable bonds is 4. The van der Waals surface area contributed by atoms with Crippen molar-refractivity contribution in [3.05, 3.63) is 101 Å². The normalized spacial score (nSPS) is 22.0. The molecule has 1 spiro atoms. The molecule has 53 heavy (non-hydrogen) atoms. The number of aliphatic hydroxyl groups is 1. The Balaban J connectivity index is 1.37. The second kappa shape index (κ2) is 11.9. The quantitative estimate of drug-likeness (QED) is 0.134. The number of amides is 2. The van der Waals surface area contributed by atoms with Gasteiger partial charge in [0, 0.05) is 46.4 Å². The van der Waals surface area contributed by atoms with Crippen molar-refractivity contribution < 1.29 is 23.5 Å². The smallest absolute Gasteiger partial charge is 0.249 e. The predicted octanol–water partition coefficient (Wildman–Crippen LogP) is 6.79. The van der Waals surface area contributed by atoms with E-state index in [-0.39, 0.29) is 24.3 Å². The first-order chi connectivity index (χ1) is 25.5. The van der Waals surface area contributed by atoms with Gasteiger partial charge in [0.05, 0.1) is 6.20 Å². The van der Waals surface area contributed by atoms with Gasteiger partial charge in [-0.15, -0.1) is 0 Å². The lowest BCUT2D eigenvalue weighted by Crippen LogP contribution is -2.52. The summed E-state index contributed by atoms with van der Waals surface area (Å²) in [6.07, 6.45) is 2.62. The zero-order valence-corrected chi connectivity index (χ0v) is 30.5. The van der Waals surface area contributed by atoms with Gasteiger partial charge in [-0.1, -0.05) is 76.2 Å². The molecule has 3 aromatic carbocycles. The van der Waals surface area contributed by atoms with Crippen molar-refractivity contribution in [3.63, 3.8) is 0 Å². The fraction of sp³-hybridized carbons (Fsp3) is 0.333. The van der Waals surface area contributed by atoms with Gasteiger partial charge >= 0.3 is 0 Å². The van der Waals surface area contributed by atoms with Crippen LogP contribution in [0.25, 0.3) is 44.9 Å². The van der Waals surface area contributed by atoms with Crippen LogP contribution in [0, 0.1) is 18.8 Å². The number of hydrogen-bond acceptors (Lipinski definition) is 8. The minimum Gasteiger partial charge on any atom is -0.441 e. The summed E-state index contributed by atoms with van der Waals surface area (Å²) in [5.74, 6) is 0.274. The third-order valence-electron chi connectivity index (χ3n) is 11.4. The lowest BCUT2D eigenvalue weighted by Gasteiger charge is -2.35. The molecule has 0 aliphatic carbocycles. The average molecular weight is 711 g/mol. The molecule has 3 aliphatic heterocycles. The van der Waals surface area contributed by atoms with Gasteiger partial charge in [0.25, 0.3) is 0 Å². The summed E-state index contributed by atoms with van der Waals surface area (Å²) >= 11 is 0. The van der Waals surface area contributed by atoms with E-state index in [0.717, 1.165) is 55.5 Å². The Bertz CT molecular complexity index is 2450. The number of nitrogens with zero attached hydrogens (tertiary/aromatic N) is 2. The van der Waals surface area contributed by atoms with Crippen LogP contribution >= 0.6 is 0 Å². The van der Waals surface area contributed by atoms with Crippen molar-refractivity contribution in [2.24, 2.45) is 11.8 Å². The average Bonchev–Trinajstić information content (AvgIpc) is 3.93. The number of carbonyl (C=O) groups excluding carboxylic acids is 2. The van der Waals surface area contributed by atoms with Gasteiger partial charge < -0.3 is 34.9 Å². The minimum absolute atomic E-state index is 0.155. The molecule has 6 heterocycles. The maximum atomic E-state index is 14.2. The highest BCUT2D eigenvalue weighted by atomic mass is 16.4. The van der Waals surface area contributed by atoms with Crippen LogP contribution in [0.3, 0.4) is 0 Å². The number of H-pyrrole nitrogens is 1. The molecule has 11 heteroatoms. The number of nitrogens with one attached hydrogen (secondary N) is 4. The Kier molecular flexibility index (Phi) is 7.46. The summed E-state index contributed by atoms with van der Waals surface area (Å²) in [6, 6.07) is 16.9. The van der Waals surface area contributed by atoms with E-state index in [1.807, 2.05) is 26.1 Å². The Hall–Kier alpha value is -5.68. The molecule has 3 aliphatic rings. The highest BCUT2D eigenvalue weighted by molar-refractivity contribution is 6.07. The standard InChI is InChI=1S/C42H42N6O5/c1-19(2)33-41-48-35-37(53-41)42(28-15-23(14-13-21(28)5)16-30(38(50)47-33)46-39(51)36(49)20(3)4)22(6)45-34-25(10-7-11-27(34)42)24-9-8-12-29-32(24)26(17-43-29)31-18-44-40(35)52-31/h7-15,17-20,22,30,33,36,43,45,49H,16H2,1-6H3,(H,46,51)(H,47,50)/t22?,30-,33-,36-,42+/m0/s1. The summed E-state index contributed by atoms with van der Waals surface area (Å²) in [7, 11) is 0. The largest absolute Gasteiger partial charge is 0.441 e. The summed E-state index contributed by atoms with van der Waals surface area (Å²) in [5.41, 5.74) is 8.28. The maximum absolute atomic E-state index is 14.2. The van der Waals surface area contributed by atoms with Crippen molar-refractivity contribution in [1.82, 2.24) is 25.6 Å². The number of aromatic nitrogens is 3. The number of benzene rings is 3. The van der Waals surface area contributed by atoms with Crippen LogP contribution in [-0.4, -0.2) is 50.1 Å². The molecule has 2 amide bonds. The van der Waals surface area contributed by atoms with Crippen molar-refractivity contribution in [1.29, 1.82) is 0 Å². The molecule has 270 valence electrons. The van der Waals surface area contributed by atoms with Crippen molar-refractivity contribution in [2.75, 3.05) is 5.32 Å². The molecular formula is C42H42N6O5. The number of oxazole rings is 2. The first kappa shape index (κ1) is 33.2. The number of para-hydroxylation sites is 1. The van der Waals surface area contributed by atoms with Gasteiger partial charge in [-0.25, -0.2) is 9.97 Å². The molecule has 1 unspecified atom stereocenters. The van der Waals surface area contributed by atoms with E-state index in [1.165, 1.54) is 0 Å². The number of hydrogen-bond donors (Lipinski definition) is 5. The molecule has 3 aromatic heterocycles. The molecule has 10 bridgehead atoms. The van der Waals surface area contributed by atoms with Crippen LogP contribution in [-0.2, 0) is 21.4 Å². The number of anilines is 1. The van der Waals surface area contributed by atoms with E-state index in [9.17, 15) is 14.7 Å². The summed E-state index contributed by atoms with van der Waals surface area (Å²) < 4.78 is 13.7.